The second-order valence-corrected chi connectivity index (χ2v) is 13.5. The number of ether oxygens (including phenoxy) is 3. The lowest BCUT2D eigenvalue weighted by atomic mass is 9.76. The lowest BCUT2D eigenvalue weighted by molar-refractivity contribution is 0.0779. The fourth-order valence-corrected chi connectivity index (χ4v) is 7.32. The van der Waals surface area contributed by atoms with Crippen molar-refractivity contribution in [2.75, 3.05) is 59.4 Å². The summed E-state index contributed by atoms with van der Waals surface area (Å²) in [5.41, 5.74) is 4.70. The van der Waals surface area contributed by atoms with E-state index in [9.17, 15) is 9.18 Å². The number of para-hydroxylation sites is 2. The number of likely N-dealkylation sites (tertiary alicyclic amines) is 2. The number of amides is 1. The van der Waals surface area contributed by atoms with Gasteiger partial charge in [0.15, 0.2) is 11.5 Å². The first-order chi connectivity index (χ1) is 23.7. The summed E-state index contributed by atoms with van der Waals surface area (Å²) in [5.74, 6) is 1.91. The van der Waals surface area contributed by atoms with Gasteiger partial charge in [0.25, 0.3) is 5.91 Å². The smallest absolute Gasteiger partial charge is 0.254 e. The SMILES string of the molecule is COc1cc(C(=O)N2CCC(CCN3CCC(Nc4nc5ccccc5n4CC=C(C)C)CC3)(c3ccc(F)cc3)C2)cc(OC)c1OC. The van der Waals surface area contributed by atoms with Crippen LogP contribution in [0.3, 0.4) is 0 Å². The van der Waals surface area contributed by atoms with Crippen LogP contribution in [0.5, 0.6) is 17.2 Å². The van der Waals surface area contributed by atoms with Crippen LogP contribution in [0.15, 0.2) is 72.3 Å². The molecule has 0 saturated carbocycles. The van der Waals surface area contributed by atoms with Crippen molar-refractivity contribution in [2.24, 2.45) is 0 Å². The second-order valence-electron chi connectivity index (χ2n) is 13.5. The van der Waals surface area contributed by atoms with Gasteiger partial charge in [0.2, 0.25) is 11.7 Å². The number of carbonyl (C=O) groups is 1. The van der Waals surface area contributed by atoms with Crippen molar-refractivity contribution in [3.05, 3.63) is 89.3 Å². The Balaban J connectivity index is 1.13. The third kappa shape index (κ3) is 7.39. The normalized spacial score (nSPS) is 18.4. The molecule has 1 atom stereocenters. The number of piperidine rings is 1. The summed E-state index contributed by atoms with van der Waals surface area (Å²) < 4.78 is 32.8. The predicted octanol–water partition coefficient (Wildman–Crippen LogP) is 6.92. The fourth-order valence-electron chi connectivity index (χ4n) is 7.32. The first-order valence-corrected chi connectivity index (χ1v) is 17.2. The van der Waals surface area contributed by atoms with E-state index >= 15 is 0 Å². The van der Waals surface area contributed by atoms with Crippen molar-refractivity contribution < 1.29 is 23.4 Å². The number of allylic oxidation sites excluding steroid dienone is 2. The topological polar surface area (TPSA) is 81.1 Å². The summed E-state index contributed by atoms with van der Waals surface area (Å²) in [6.07, 6.45) is 5.94. The van der Waals surface area contributed by atoms with E-state index in [0.717, 1.165) is 74.4 Å². The molecule has 2 saturated heterocycles. The molecule has 0 spiro atoms. The van der Waals surface area contributed by atoms with Gasteiger partial charge in [-0.15, -0.1) is 0 Å². The van der Waals surface area contributed by atoms with E-state index < -0.39 is 0 Å². The van der Waals surface area contributed by atoms with Crippen molar-refractivity contribution in [1.82, 2.24) is 19.4 Å². The summed E-state index contributed by atoms with van der Waals surface area (Å²) in [6, 6.07) is 18.9. The second kappa shape index (κ2) is 14.9. The minimum Gasteiger partial charge on any atom is -0.493 e. The molecule has 2 aliphatic heterocycles. The first-order valence-electron chi connectivity index (χ1n) is 17.2. The molecule has 0 aliphatic carbocycles. The molecule has 1 N–H and O–H groups in total. The molecule has 0 bridgehead atoms. The average Bonchev–Trinajstić information content (AvgIpc) is 3.71. The molecule has 2 fully saturated rings. The lowest BCUT2D eigenvalue weighted by Gasteiger charge is -2.36. The number of anilines is 1. The van der Waals surface area contributed by atoms with Crippen LogP contribution in [-0.4, -0.2) is 85.4 Å². The van der Waals surface area contributed by atoms with E-state index in [-0.39, 0.29) is 17.1 Å². The zero-order valence-electron chi connectivity index (χ0n) is 29.3. The molecule has 1 amide bonds. The Labute approximate surface area is 288 Å². The molecular weight excluding hydrogens is 621 g/mol. The van der Waals surface area contributed by atoms with Gasteiger partial charge in [0, 0.05) is 49.7 Å². The number of carbonyl (C=O) groups excluding carboxylic acids is 1. The number of rotatable bonds is 12. The van der Waals surface area contributed by atoms with Gasteiger partial charge < -0.3 is 33.9 Å². The largest absolute Gasteiger partial charge is 0.493 e. The molecule has 3 heterocycles. The average molecular weight is 670 g/mol. The highest BCUT2D eigenvalue weighted by molar-refractivity contribution is 5.96. The molecular formula is C39H48FN5O4. The van der Waals surface area contributed by atoms with Gasteiger partial charge in [0.1, 0.15) is 5.82 Å². The maximum absolute atomic E-state index is 14.0. The van der Waals surface area contributed by atoms with E-state index in [1.165, 1.54) is 17.7 Å². The number of halogens is 1. The molecule has 49 heavy (non-hydrogen) atoms. The number of nitrogens with zero attached hydrogens (tertiary/aromatic N) is 4. The van der Waals surface area contributed by atoms with Crippen LogP contribution < -0.4 is 19.5 Å². The molecule has 1 unspecified atom stereocenters. The number of nitrogens with one attached hydrogen (secondary N) is 1. The first kappa shape index (κ1) is 34.3. The molecule has 1 aromatic heterocycles. The maximum atomic E-state index is 14.0. The highest BCUT2D eigenvalue weighted by atomic mass is 19.1. The van der Waals surface area contributed by atoms with Gasteiger partial charge in [-0.3, -0.25) is 4.79 Å². The van der Waals surface area contributed by atoms with Gasteiger partial charge in [-0.1, -0.05) is 35.9 Å². The molecule has 6 rings (SSSR count). The highest BCUT2D eigenvalue weighted by Crippen LogP contribution is 2.41. The van der Waals surface area contributed by atoms with Gasteiger partial charge in [-0.2, -0.15) is 0 Å². The minimum absolute atomic E-state index is 0.0919. The molecule has 9 nitrogen and oxygen atoms in total. The van der Waals surface area contributed by atoms with Gasteiger partial charge in [-0.25, -0.2) is 9.37 Å². The number of hydrogen-bond donors (Lipinski definition) is 1. The Hall–Kier alpha value is -4.57. The Bertz CT molecular complexity index is 1770. The minimum atomic E-state index is -0.283. The number of imidazole rings is 1. The summed E-state index contributed by atoms with van der Waals surface area (Å²) >= 11 is 0. The number of benzene rings is 3. The summed E-state index contributed by atoms with van der Waals surface area (Å²) in [4.78, 5) is 23.3. The van der Waals surface area contributed by atoms with Crippen LogP contribution >= 0.6 is 0 Å². The van der Waals surface area contributed by atoms with Crippen molar-refractivity contribution in [2.45, 2.75) is 57.5 Å². The van der Waals surface area contributed by atoms with Crippen LogP contribution in [0, 0.1) is 5.82 Å². The van der Waals surface area contributed by atoms with Crippen LogP contribution in [0.2, 0.25) is 0 Å². The zero-order valence-corrected chi connectivity index (χ0v) is 29.3. The highest BCUT2D eigenvalue weighted by Gasteiger charge is 2.42. The fraction of sp³-hybridized carbons (Fsp3) is 0.436. The van der Waals surface area contributed by atoms with Crippen LogP contribution in [0.25, 0.3) is 11.0 Å². The van der Waals surface area contributed by atoms with E-state index in [2.05, 4.69) is 52.9 Å². The zero-order chi connectivity index (χ0) is 34.5. The summed E-state index contributed by atoms with van der Waals surface area (Å²) in [6.45, 7) is 9.03. The predicted molar refractivity (Wildman–Crippen MR) is 192 cm³/mol. The van der Waals surface area contributed by atoms with E-state index in [0.29, 0.717) is 41.9 Å². The third-order valence-electron chi connectivity index (χ3n) is 10.2. The van der Waals surface area contributed by atoms with E-state index in [1.807, 2.05) is 23.1 Å². The Morgan fingerprint density at radius 1 is 0.980 bits per heavy atom. The summed E-state index contributed by atoms with van der Waals surface area (Å²) in [7, 11) is 4.63. The van der Waals surface area contributed by atoms with Crippen LogP contribution in [0.4, 0.5) is 10.3 Å². The Kier molecular flexibility index (Phi) is 10.4. The summed E-state index contributed by atoms with van der Waals surface area (Å²) in [5, 5.41) is 3.77. The number of hydrogen-bond acceptors (Lipinski definition) is 7. The molecule has 0 radical (unpaired) electrons. The third-order valence-corrected chi connectivity index (χ3v) is 10.2. The quantitative estimate of drug-likeness (QED) is 0.164. The van der Waals surface area contributed by atoms with Crippen LogP contribution in [-0.2, 0) is 12.0 Å². The molecule has 260 valence electrons. The van der Waals surface area contributed by atoms with Crippen molar-refractivity contribution in [3.63, 3.8) is 0 Å². The van der Waals surface area contributed by atoms with Gasteiger partial charge in [0.05, 0.1) is 32.4 Å². The molecule has 3 aromatic carbocycles. The maximum Gasteiger partial charge on any atom is 0.254 e. The van der Waals surface area contributed by atoms with Gasteiger partial charge in [-0.05, 0) is 88.0 Å². The number of methoxy groups -OCH3 is 3. The lowest BCUT2D eigenvalue weighted by Crippen LogP contribution is -2.42. The molecule has 4 aromatic rings. The molecule has 2 aliphatic rings. The molecule has 10 heteroatoms. The van der Waals surface area contributed by atoms with E-state index in [4.69, 9.17) is 19.2 Å². The monoisotopic (exact) mass is 669 g/mol. The number of fused-ring (bicyclic) bond motifs is 1. The van der Waals surface area contributed by atoms with Crippen LogP contribution in [0.1, 0.15) is 55.5 Å². The van der Waals surface area contributed by atoms with Crippen molar-refractivity contribution in [3.8, 4) is 17.2 Å². The van der Waals surface area contributed by atoms with Crippen molar-refractivity contribution >= 4 is 22.9 Å². The Morgan fingerprint density at radius 3 is 2.33 bits per heavy atom. The van der Waals surface area contributed by atoms with Crippen molar-refractivity contribution in [1.29, 1.82) is 0 Å². The Morgan fingerprint density at radius 2 is 1.67 bits per heavy atom. The van der Waals surface area contributed by atoms with Gasteiger partial charge >= 0.3 is 0 Å². The van der Waals surface area contributed by atoms with E-state index in [1.54, 1.807) is 33.5 Å². The standard InChI is InChI=1S/C39H48FN5O4/c1-27(2)14-21-45-33-9-7-6-8-32(33)42-38(45)41-31-15-19-43(20-16-31)22-17-39(29-10-12-30(40)13-11-29)18-23-44(26-39)37(46)28-24-34(47-3)36(49-5)35(25-28)48-4/h6-14,24-25,31H,15-23,26H2,1-5H3,(H,41,42). The number of aromatic nitrogens is 2.